The van der Waals surface area contributed by atoms with Gasteiger partial charge in [0.2, 0.25) is 11.8 Å². The lowest BCUT2D eigenvalue weighted by molar-refractivity contribution is -0.124. The monoisotopic (exact) mass is 546 g/mol. The summed E-state index contributed by atoms with van der Waals surface area (Å²) in [6.07, 6.45) is 0.487. The van der Waals surface area contributed by atoms with Gasteiger partial charge in [-0.25, -0.2) is 0 Å². The zero-order valence-corrected chi connectivity index (χ0v) is 22.8. The summed E-state index contributed by atoms with van der Waals surface area (Å²) in [5.41, 5.74) is 2.80. The van der Waals surface area contributed by atoms with Crippen LogP contribution in [0.25, 0.3) is 0 Å². The van der Waals surface area contributed by atoms with E-state index in [-0.39, 0.29) is 24.1 Å². The van der Waals surface area contributed by atoms with E-state index in [2.05, 4.69) is 10.6 Å². The first-order valence-electron chi connectivity index (χ1n) is 12.4. The second kappa shape index (κ2) is 12.4. The van der Waals surface area contributed by atoms with E-state index in [1.54, 1.807) is 43.4 Å². The number of para-hydroxylation sites is 1. The quantitative estimate of drug-likeness (QED) is 0.367. The Balaban J connectivity index is 1.52. The number of nitrogens with one attached hydrogen (secondary N) is 2. The number of hydrogen-bond acceptors (Lipinski definition) is 6. The number of benzene rings is 3. The lowest BCUT2D eigenvalue weighted by Gasteiger charge is -2.24. The van der Waals surface area contributed by atoms with E-state index in [4.69, 9.17) is 21.7 Å². The van der Waals surface area contributed by atoms with Crippen LogP contribution in [0.2, 0.25) is 0 Å². The van der Waals surface area contributed by atoms with Crippen molar-refractivity contribution in [2.45, 2.75) is 25.8 Å². The van der Waals surface area contributed by atoms with E-state index in [9.17, 15) is 14.4 Å². The van der Waals surface area contributed by atoms with Gasteiger partial charge in [-0.1, -0.05) is 24.3 Å². The van der Waals surface area contributed by atoms with Crippen molar-refractivity contribution in [2.24, 2.45) is 0 Å². The van der Waals surface area contributed by atoms with E-state index < -0.39 is 6.04 Å². The molecule has 9 nitrogen and oxygen atoms in total. The minimum absolute atomic E-state index is 0.0817. The maximum absolute atomic E-state index is 13.6. The molecule has 1 saturated heterocycles. The highest BCUT2D eigenvalue weighted by molar-refractivity contribution is 7.80. The molecule has 0 aliphatic carbocycles. The Labute approximate surface area is 232 Å². The fraction of sp³-hybridized carbons (Fsp3) is 0.241. The summed E-state index contributed by atoms with van der Waals surface area (Å²) in [7, 11) is 3.16. The standard InChI is InChI=1S/C29H30N4O5S/c1-19(34)30-21-10-12-22(13-11-21)31-27(35)18-24-28(36)33(23-7-5-4-6-8-23)29(39)32(24)16-15-20-9-14-25(37-2)26(17-20)38-3/h4-14,17,24H,15-16,18H2,1-3H3,(H,30,34)(H,31,35). The largest absolute Gasteiger partial charge is 0.493 e. The zero-order chi connectivity index (χ0) is 27.9. The average Bonchev–Trinajstić information content (AvgIpc) is 3.16. The van der Waals surface area contributed by atoms with Crippen molar-refractivity contribution >= 4 is 52.1 Å². The van der Waals surface area contributed by atoms with Crippen molar-refractivity contribution in [1.29, 1.82) is 0 Å². The first-order valence-corrected chi connectivity index (χ1v) is 12.8. The lowest BCUT2D eigenvalue weighted by atomic mass is 10.1. The summed E-state index contributed by atoms with van der Waals surface area (Å²) < 4.78 is 10.7. The van der Waals surface area contributed by atoms with E-state index >= 15 is 0 Å². The SMILES string of the molecule is COc1ccc(CCN2C(=S)N(c3ccccc3)C(=O)C2CC(=O)Nc2ccc(NC(C)=O)cc2)cc1OC. The molecule has 0 spiro atoms. The molecule has 0 saturated carbocycles. The number of anilines is 3. The number of carbonyl (C=O) groups is 3. The van der Waals surface area contributed by atoms with Gasteiger partial charge in [-0.2, -0.15) is 0 Å². The third-order valence-electron chi connectivity index (χ3n) is 6.29. The van der Waals surface area contributed by atoms with Gasteiger partial charge in [-0.05, 0) is 72.7 Å². The third-order valence-corrected chi connectivity index (χ3v) is 6.71. The Bertz CT molecular complexity index is 1360. The summed E-state index contributed by atoms with van der Waals surface area (Å²) in [4.78, 5) is 41.2. The number of hydrogen-bond donors (Lipinski definition) is 2. The average molecular weight is 547 g/mol. The molecule has 1 aliphatic heterocycles. The maximum atomic E-state index is 13.6. The smallest absolute Gasteiger partial charge is 0.256 e. The number of rotatable bonds is 10. The molecular weight excluding hydrogens is 516 g/mol. The second-order valence-corrected chi connectivity index (χ2v) is 9.32. The number of carbonyl (C=O) groups excluding carboxylic acids is 3. The number of amides is 3. The minimum Gasteiger partial charge on any atom is -0.493 e. The molecule has 4 rings (SSSR count). The molecule has 3 aromatic carbocycles. The molecule has 39 heavy (non-hydrogen) atoms. The summed E-state index contributed by atoms with van der Waals surface area (Å²) in [5.74, 6) is 0.479. The Hall–Kier alpha value is -4.44. The van der Waals surface area contributed by atoms with Crippen molar-refractivity contribution in [1.82, 2.24) is 4.90 Å². The Morgan fingerprint density at radius 3 is 2.15 bits per heavy atom. The van der Waals surface area contributed by atoms with Crippen molar-refractivity contribution in [3.8, 4) is 11.5 Å². The fourth-order valence-corrected chi connectivity index (χ4v) is 4.83. The summed E-state index contributed by atoms with van der Waals surface area (Å²) in [6, 6.07) is 20.8. The topological polar surface area (TPSA) is 100 Å². The minimum atomic E-state index is -0.767. The predicted octanol–water partition coefficient (Wildman–Crippen LogP) is 4.24. The molecule has 0 bridgehead atoms. The van der Waals surface area contributed by atoms with Crippen LogP contribution in [0.4, 0.5) is 17.1 Å². The normalized spacial score (nSPS) is 14.8. The fourth-order valence-electron chi connectivity index (χ4n) is 4.42. The molecule has 3 amide bonds. The van der Waals surface area contributed by atoms with Crippen LogP contribution in [-0.4, -0.2) is 54.5 Å². The van der Waals surface area contributed by atoms with Crippen molar-refractivity contribution in [2.75, 3.05) is 36.3 Å². The van der Waals surface area contributed by atoms with E-state index in [1.807, 2.05) is 48.5 Å². The summed E-state index contributed by atoms with van der Waals surface area (Å²) in [5, 5.41) is 5.87. The van der Waals surface area contributed by atoms with Crippen molar-refractivity contribution < 1.29 is 23.9 Å². The van der Waals surface area contributed by atoms with Gasteiger partial charge in [0.15, 0.2) is 16.6 Å². The molecule has 1 heterocycles. The van der Waals surface area contributed by atoms with Crippen LogP contribution in [0.5, 0.6) is 11.5 Å². The molecular formula is C29H30N4O5S. The van der Waals surface area contributed by atoms with Gasteiger partial charge in [-0.3, -0.25) is 19.3 Å². The number of thiocarbonyl (C=S) groups is 1. The van der Waals surface area contributed by atoms with Crippen LogP contribution >= 0.6 is 12.2 Å². The second-order valence-electron chi connectivity index (χ2n) is 8.95. The Morgan fingerprint density at radius 1 is 0.897 bits per heavy atom. The van der Waals surface area contributed by atoms with E-state index in [0.29, 0.717) is 46.6 Å². The van der Waals surface area contributed by atoms with Crippen LogP contribution < -0.4 is 25.0 Å². The molecule has 3 aromatic rings. The molecule has 1 atom stereocenters. The molecule has 1 unspecified atom stereocenters. The third kappa shape index (κ3) is 6.53. The number of ether oxygens (including phenoxy) is 2. The molecule has 0 aromatic heterocycles. The molecule has 1 aliphatic rings. The van der Waals surface area contributed by atoms with Crippen molar-refractivity contribution in [3.05, 3.63) is 78.4 Å². The van der Waals surface area contributed by atoms with Crippen LogP contribution in [-0.2, 0) is 20.8 Å². The van der Waals surface area contributed by atoms with Crippen LogP contribution in [0.15, 0.2) is 72.8 Å². The Morgan fingerprint density at radius 2 is 1.54 bits per heavy atom. The van der Waals surface area contributed by atoms with Gasteiger partial charge < -0.3 is 25.0 Å². The zero-order valence-electron chi connectivity index (χ0n) is 22.0. The number of methoxy groups -OCH3 is 2. The van der Waals surface area contributed by atoms with Gasteiger partial charge in [-0.15, -0.1) is 0 Å². The van der Waals surface area contributed by atoms with Crippen LogP contribution in [0.3, 0.4) is 0 Å². The number of nitrogens with zero attached hydrogens (tertiary/aromatic N) is 2. The van der Waals surface area contributed by atoms with Gasteiger partial charge >= 0.3 is 0 Å². The van der Waals surface area contributed by atoms with Gasteiger partial charge in [0.1, 0.15) is 6.04 Å². The molecule has 10 heteroatoms. The first-order chi connectivity index (χ1) is 18.8. The van der Waals surface area contributed by atoms with Gasteiger partial charge in [0.25, 0.3) is 5.91 Å². The van der Waals surface area contributed by atoms with Crippen LogP contribution in [0, 0.1) is 0 Å². The summed E-state index contributed by atoms with van der Waals surface area (Å²) in [6.45, 7) is 1.85. The van der Waals surface area contributed by atoms with Crippen LogP contribution in [0.1, 0.15) is 18.9 Å². The molecule has 2 N–H and O–H groups in total. The molecule has 202 valence electrons. The first kappa shape index (κ1) is 27.6. The Kier molecular flexibility index (Phi) is 8.77. The molecule has 1 fully saturated rings. The van der Waals surface area contributed by atoms with E-state index in [1.165, 1.54) is 11.8 Å². The maximum Gasteiger partial charge on any atom is 0.256 e. The highest BCUT2D eigenvalue weighted by atomic mass is 32.1. The predicted molar refractivity (Wildman–Crippen MR) is 154 cm³/mol. The highest BCUT2D eigenvalue weighted by Crippen LogP contribution is 2.30. The highest BCUT2D eigenvalue weighted by Gasteiger charge is 2.43. The van der Waals surface area contributed by atoms with Crippen molar-refractivity contribution in [3.63, 3.8) is 0 Å². The summed E-state index contributed by atoms with van der Waals surface area (Å²) >= 11 is 5.75. The van der Waals surface area contributed by atoms with Gasteiger partial charge in [0.05, 0.1) is 26.3 Å². The molecule has 0 radical (unpaired) electrons. The van der Waals surface area contributed by atoms with Gasteiger partial charge in [0, 0.05) is 24.8 Å². The lowest BCUT2D eigenvalue weighted by Crippen LogP contribution is -2.39. The van der Waals surface area contributed by atoms with E-state index in [0.717, 1.165) is 5.56 Å².